The van der Waals surface area contributed by atoms with Crippen LogP contribution in [-0.2, 0) is 0 Å². The lowest BCUT2D eigenvalue weighted by Crippen LogP contribution is -2.24. The number of aromatic nitrogens is 4. The molecule has 5 nitrogen and oxygen atoms in total. The largest absolute Gasteiger partial charge is 0.290 e. The normalized spacial score (nSPS) is 12.7. The minimum absolute atomic E-state index is 0.0670. The summed E-state index contributed by atoms with van der Waals surface area (Å²) in [5, 5.41) is 6.83. The Hall–Kier alpha value is -2.43. The van der Waals surface area contributed by atoms with Crippen LogP contribution in [0.1, 0.15) is 24.2 Å². The number of rotatable bonds is 2. The number of hydrogen-bond acceptors (Lipinski definition) is 3. The first-order valence-electron chi connectivity index (χ1n) is 6.15. The summed E-state index contributed by atoms with van der Waals surface area (Å²) in [4.78, 5) is 16.7. The molecular weight excluding hydrogens is 240 g/mol. The molecule has 2 aromatic heterocycles. The van der Waals surface area contributed by atoms with Gasteiger partial charge in [-0.05, 0) is 19.4 Å². The minimum Gasteiger partial charge on any atom is -0.290 e. The third kappa shape index (κ3) is 1.83. The molecule has 0 fully saturated rings. The summed E-state index contributed by atoms with van der Waals surface area (Å²) in [6, 6.07) is 9.80. The van der Waals surface area contributed by atoms with Crippen molar-refractivity contribution in [2.45, 2.75) is 19.9 Å². The summed E-state index contributed by atoms with van der Waals surface area (Å²) in [5.41, 5.74) is 2.79. The first-order valence-corrected chi connectivity index (χ1v) is 6.15. The zero-order valence-corrected chi connectivity index (χ0v) is 10.8. The fraction of sp³-hybridized carbons (Fsp3) is 0.214. The van der Waals surface area contributed by atoms with Crippen LogP contribution in [-0.4, -0.2) is 19.7 Å². The van der Waals surface area contributed by atoms with Crippen LogP contribution in [0.5, 0.6) is 0 Å². The molecule has 2 heterocycles. The number of aromatic amines is 1. The van der Waals surface area contributed by atoms with E-state index in [4.69, 9.17) is 0 Å². The van der Waals surface area contributed by atoms with Crippen molar-refractivity contribution in [1.29, 1.82) is 0 Å². The monoisotopic (exact) mass is 254 g/mol. The summed E-state index contributed by atoms with van der Waals surface area (Å²) in [5.74, 6) is 0. The third-order valence-corrected chi connectivity index (χ3v) is 3.36. The van der Waals surface area contributed by atoms with Crippen LogP contribution in [0.4, 0.5) is 0 Å². The molecule has 0 spiro atoms. The van der Waals surface area contributed by atoms with Gasteiger partial charge in [-0.15, -0.1) is 0 Å². The van der Waals surface area contributed by atoms with E-state index in [1.54, 1.807) is 10.9 Å². The molecule has 96 valence electrons. The number of H-pyrrole nitrogens is 1. The SMILES string of the molecule is Cc1[nH]nc2c(=O)n(C(C)c3ccccc3)cnc12. The molecule has 0 saturated heterocycles. The van der Waals surface area contributed by atoms with Gasteiger partial charge in [-0.2, -0.15) is 5.10 Å². The maximum Gasteiger partial charge on any atom is 0.282 e. The number of nitrogens with one attached hydrogen (secondary N) is 1. The summed E-state index contributed by atoms with van der Waals surface area (Å²) < 4.78 is 1.61. The van der Waals surface area contributed by atoms with Crippen molar-refractivity contribution >= 4 is 11.0 Å². The standard InChI is InChI=1S/C14H14N4O/c1-9-12-13(17-16-9)14(19)18(8-15-12)10(2)11-6-4-3-5-7-11/h3-8,10H,1-2H3,(H,16,17). The Morgan fingerprint density at radius 1 is 1.21 bits per heavy atom. The second-order valence-electron chi connectivity index (χ2n) is 4.59. The van der Waals surface area contributed by atoms with E-state index in [0.29, 0.717) is 11.0 Å². The van der Waals surface area contributed by atoms with E-state index in [1.807, 2.05) is 44.2 Å². The molecular formula is C14H14N4O. The fourth-order valence-corrected chi connectivity index (χ4v) is 2.19. The second-order valence-corrected chi connectivity index (χ2v) is 4.59. The summed E-state index contributed by atoms with van der Waals surface area (Å²) in [6.07, 6.45) is 1.59. The van der Waals surface area contributed by atoms with Gasteiger partial charge >= 0.3 is 0 Å². The predicted octanol–water partition coefficient (Wildman–Crippen LogP) is 2.04. The van der Waals surface area contributed by atoms with Crippen molar-refractivity contribution in [3.05, 3.63) is 58.3 Å². The van der Waals surface area contributed by atoms with Crippen molar-refractivity contribution in [3.63, 3.8) is 0 Å². The van der Waals surface area contributed by atoms with Crippen LogP contribution in [0.3, 0.4) is 0 Å². The minimum atomic E-state index is -0.120. The van der Waals surface area contributed by atoms with Crippen LogP contribution in [0.15, 0.2) is 41.5 Å². The molecule has 5 heteroatoms. The molecule has 1 atom stereocenters. The van der Waals surface area contributed by atoms with Gasteiger partial charge in [0.25, 0.3) is 5.56 Å². The Labute approximate surface area is 109 Å². The highest BCUT2D eigenvalue weighted by molar-refractivity contribution is 5.75. The molecule has 0 saturated carbocycles. The maximum absolute atomic E-state index is 12.4. The Balaban J connectivity index is 2.16. The quantitative estimate of drug-likeness (QED) is 0.761. The molecule has 0 aliphatic heterocycles. The summed E-state index contributed by atoms with van der Waals surface area (Å²) >= 11 is 0. The average molecular weight is 254 g/mol. The lowest BCUT2D eigenvalue weighted by atomic mass is 10.1. The first-order chi connectivity index (χ1) is 9.18. The second kappa shape index (κ2) is 4.35. The molecule has 0 bridgehead atoms. The zero-order chi connectivity index (χ0) is 13.4. The number of aryl methyl sites for hydroxylation is 1. The van der Waals surface area contributed by atoms with Crippen molar-refractivity contribution in [2.24, 2.45) is 0 Å². The Morgan fingerprint density at radius 2 is 1.95 bits per heavy atom. The van der Waals surface area contributed by atoms with E-state index < -0.39 is 0 Å². The Bertz CT molecular complexity index is 773. The topological polar surface area (TPSA) is 63.6 Å². The molecule has 3 rings (SSSR count). The van der Waals surface area contributed by atoms with Crippen molar-refractivity contribution in [2.75, 3.05) is 0 Å². The smallest absolute Gasteiger partial charge is 0.282 e. The van der Waals surface area contributed by atoms with E-state index in [1.165, 1.54) is 0 Å². The van der Waals surface area contributed by atoms with Gasteiger partial charge in [0.15, 0.2) is 5.52 Å². The average Bonchev–Trinajstić information content (AvgIpc) is 2.82. The van der Waals surface area contributed by atoms with E-state index in [-0.39, 0.29) is 11.6 Å². The Kier molecular flexibility index (Phi) is 2.67. The van der Waals surface area contributed by atoms with Gasteiger partial charge in [0.05, 0.1) is 18.1 Å². The molecule has 1 aromatic carbocycles. The van der Waals surface area contributed by atoms with E-state index in [9.17, 15) is 4.79 Å². The van der Waals surface area contributed by atoms with Crippen molar-refractivity contribution in [3.8, 4) is 0 Å². The third-order valence-electron chi connectivity index (χ3n) is 3.36. The van der Waals surface area contributed by atoms with Gasteiger partial charge in [-0.25, -0.2) is 4.98 Å². The molecule has 0 radical (unpaired) electrons. The fourth-order valence-electron chi connectivity index (χ4n) is 2.19. The van der Waals surface area contributed by atoms with Gasteiger partial charge in [0, 0.05) is 0 Å². The summed E-state index contributed by atoms with van der Waals surface area (Å²) in [6.45, 7) is 3.83. The van der Waals surface area contributed by atoms with Crippen LogP contribution in [0.2, 0.25) is 0 Å². The van der Waals surface area contributed by atoms with Gasteiger partial charge in [-0.1, -0.05) is 30.3 Å². The molecule has 19 heavy (non-hydrogen) atoms. The molecule has 3 aromatic rings. The summed E-state index contributed by atoms with van der Waals surface area (Å²) in [7, 11) is 0. The zero-order valence-electron chi connectivity index (χ0n) is 10.8. The van der Waals surface area contributed by atoms with Gasteiger partial charge in [-0.3, -0.25) is 14.5 Å². The highest BCUT2D eigenvalue weighted by atomic mass is 16.1. The maximum atomic E-state index is 12.4. The molecule has 0 amide bonds. The Morgan fingerprint density at radius 3 is 2.68 bits per heavy atom. The number of benzene rings is 1. The van der Waals surface area contributed by atoms with Gasteiger partial charge in [0.2, 0.25) is 0 Å². The highest BCUT2D eigenvalue weighted by Crippen LogP contribution is 2.16. The van der Waals surface area contributed by atoms with Crippen LogP contribution in [0.25, 0.3) is 11.0 Å². The molecule has 0 aliphatic carbocycles. The number of nitrogens with zero attached hydrogens (tertiary/aromatic N) is 3. The van der Waals surface area contributed by atoms with Crippen LogP contribution in [0, 0.1) is 6.92 Å². The molecule has 1 unspecified atom stereocenters. The van der Waals surface area contributed by atoms with E-state index in [0.717, 1.165) is 11.3 Å². The van der Waals surface area contributed by atoms with E-state index in [2.05, 4.69) is 15.2 Å². The lowest BCUT2D eigenvalue weighted by Gasteiger charge is -2.14. The van der Waals surface area contributed by atoms with Crippen LogP contribution >= 0.6 is 0 Å². The van der Waals surface area contributed by atoms with Crippen molar-refractivity contribution < 1.29 is 0 Å². The number of hydrogen-bond donors (Lipinski definition) is 1. The van der Waals surface area contributed by atoms with E-state index >= 15 is 0 Å². The van der Waals surface area contributed by atoms with Crippen LogP contribution < -0.4 is 5.56 Å². The first kappa shape index (κ1) is 11.6. The molecule has 0 aliphatic rings. The highest BCUT2D eigenvalue weighted by Gasteiger charge is 2.14. The lowest BCUT2D eigenvalue weighted by molar-refractivity contribution is 0.608. The van der Waals surface area contributed by atoms with Gasteiger partial charge < -0.3 is 0 Å². The predicted molar refractivity (Wildman–Crippen MR) is 73.1 cm³/mol. The van der Waals surface area contributed by atoms with Crippen molar-refractivity contribution in [1.82, 2.24) is 19.7 Å². The number of fused-ring (bicyclic) bond motifs is 1. The molecule has 1 N–H and O–H groups in total. The van der Waals surface area contributed by atoms with Gasteiger partial charge in [0.1, 0.15) is 5.52 Å².